The Morgan fingerprint density at radius 2 is 1.83 bits per heavy atom. The number of aromatic amines is 1. The number of carboxylic acids is 1. The van der Waals surface area contributed by atoms with Crippen LogP contribution >= 0.6 is 0 Å². The molecule has 1 aromatic heterocycles. The summed E-state index contributed by atoms with van der Waals surface area (Å²) in [5.74, 6) is -1.16. The standard InChI is InChI=1S/C11H16N2O4S/c14-11(15)10-7-9(8-12-10)18(16,17)13-5-3-1-2-4-6-13/h7-8,12H,1-6H2,(H,14,15). The van der Waals surface area contributed by atoms with Crippen molar-refractivity contribution >= 4 is 16.0 Å². The van der Waals surface area contributed by atoms with Gasteiger partial charge in [0, 0.05) is 19.3 Å². The minimum absolute atomic E-state index is 0.0294. The molecule has 1 aliphatic rings. The predicted octanol–water partition coefficient (Wildman–Crippen LogP) is 1.28. The summed E-state index contributed by atoms with van der Waals surface area (Å²) in [6, 6.07) is 1.17. The Hall–Kier alpha value is -1.34. The van der Waals surface area contributed by atoms with Crippen molar-refractivity contribution in [1.82, 2.24) is 9.29 Å². The third-order valence-corrected chi connectivity index (χ3v) is 4.97. The molecule has 1 saturated heterocycles. The van der Waals surface area contributed by atoms with E-state index in [0.717, 1.165) is 25.7 Å². The molecular formula is C11H16N2O4S. The molecule has 0 unspecified atom stereocenters. The second-order valence-electron chi connectivity index (χ2n) is 4.37. The van der Waals surface area contributed by atoms with Crippen molar-refractivity contribution in [3.63, 3.8) is 0 Å². The molecule has 0 aliphatic carbocycles. The molecule has 6 nitrogen and oxygen atoms in total. The first-order valence-electron chi connectivity index (χ1n) is 5.93. The van der Waals surface area contributed by atoms with Gasteiger partial charge in [0.2, 0.25) is 10.0 Å². The minimum Gasteiger partial charge on any atom is -0.477 e. The van der Waals surface area contributed by atoms with Gasteiger partial charge in [-0.25, -0.2) is 13.2 Å². The van der Waals surface area contributed by atoms with Gasteiger partial charge in [0.05, 0.1) is 0 Å². The number of sulfonamides is 1. The fourth-order valence-electron chi connectivity index (χ4n) is 2.08. The van der Waals surface area contributed by atoms with Gasteiger partial charge in [0.1, 0.15) is 10.6 Å². The summed E-state index contributed by atoms with van der Waals surface area (Å²) in [5.41, 5.74) is -0.108. The first kappa shape index (κ1) is 13.1. The van der Waals surface area contributed by atoms with Crippen LogP contribution < -0.4 is 0 Å². The second-order valence-corrected chi connectivity index (χ2v) is 6.31. The lowest BCUT2D eigenvalue weighted by Gasteiger charge is -2.18. The van der Waals surface area contributed by atoms with Crippen LogP contribution in [0.1, 0.15) is 36.2 Å². The summed E-state index contributed by atoms with van der Waals surface area (Å²) in [7, 11) is -3.56. The highest BCUT2D eigenvalue weighted by Crippen LogP contribution is 2.20. The number of aromatic nitrogens is 1. The normalized spacial score (nSPS) is 18.4. The largest absolute Gasteiger partial charge is 0.477 e. The Labute approximate surface area is 106 Å². The van der Waals surface area contributed by atoms with Crippen molar-refractivity contribution in [2.45, 2.75) is 30.6 Å². The molecule has 0 radical (unpaired) electrons. The van der Waals surface area contributed by atoms with Crippen LogP contribution in [0.15, 0.2) is 17.2 Å². The first-order chi connectivity index (χ1) is 8.51. The fraction of sp³-hybridized carbons (Fsp3) is 0.545. The summed E-state index contributed by atoms with van der Waals surface area (Å²) in [6.45, 7) is 1.02. The molecule has 0 saturated carbocycles. The lowest BCUT2D eigenvalue weighted by Crippen LogP contribution is -2.31. The van der Waals surface area contributed by atoms with Gasteiger partial charge in [-0.15, -0.1) is 0 Å². The average molecular weight is 272 g/mol. The van der Waals surface area contributed by atoms with Gasteiger partial charge >= 0.3 is 5.97 Å². The maximum atomic E-state index is 12.3. The van der Waals surface area contributed by atoms with E-state index in [1.54, 1.807) is 0 Å². The summed E-state index contributed by atoms with van der Waals surface area (Å²) in [6.07, 6.45) is 5.04. The molecule has 1 aliphatic heterocycles. The molecule has 7 heteroatoms. The number of H-pyrrole nitrogens is 1. The minimum atomic E-state index is -3.56. The zero-order valence-electron chi connectivity index (χ0n) is 9.92. The topological polar surface area (TPSA) is 90.5 Å². The second kappa shape index (κ2) is 5.11. The predicted molar refractivity (Wildman–Crippen MR) is 65.0 cm³/mol. The first-order valence-corrected chi connectivity index (χ1v) is 7.37. The number of carboxylic acid groups (broad SMARTS) is 1. The van der Waals surface area contributed by atoms with Crippen molar-refractivity contribution in [1.29, 1.82) is 0 Å². The maximum absolute atomic E-state index is 12.3. The van der Waals surface area contributed by atoms with Crippen molar-refractivity contribution in [2.24, 2.45) is 0 Å². The van der Waals surface area contributed by atoms with Gasteiger partial charge in [-0.1, -0.05) is 12.8 Å². The zero-order valence-corrected chi connectivity index (χ0v) is 10.7. The van der Waals surface area contributed by atoms with E-state index in [0.29, 0.717) is 13.1 Å². The van der Waals surface area contributed by atoms with Crippen LogP contribution in [0.25, 0.3) is 0 Å². The number of hydrogen-bond donors (Lipinski definition) is 2. The van der Waals surface area contributed by atoms with E-state index < -0.39 is 16.0 Å². The Morgan fingerprint density at radius 3 is 2.33 bits per heavy atom. The molecule has 0 aromatic carbocycles. The van der Waals surface area contributed by atoms with Gasteiger partial charge in [-0.05, 0) is 18.9 Å². The highest BCUT2D eigenvalue weighted by molar-refractivity contribution is 7.89. The summed E-state index contributed by atoms with van der Waals surface area (Å²) in [5, 5.41) is 8.78. The van der Waals surface area contributed by atoms with Crippen LogP contribution in [0.3, 0.4) is 0 Å². The Bertz CT molecular complexity index is 527. The number of nitrogens with one attached hydrogen (secondary N) is 1. The molecule has 2 heterocycles. The molecule has 0 amide bonds. The summed E-state index contributed by atoms with van der Waals surface area (Å²) < 4.78 is 26.0. The smallest absolute Gasteiger partial charge is 0.352 e. The lowest BCUT2D eigenvalue weighted by molar-refractivity contribution is 0.0691. The highest BCUT2D eigenvalue weighted by Gasteiger charge is 2.26. The van der Waals surface area contributed by atoms with Crippen LogP contribution in [0.5, 0.6) is 0 Å². The fourth-order valence-corrected chi connectivity index (χ4v) is 3.59. The van der Waals surface area contributed by atoms with E-state index in [1.807, 2.05) is 0 Å². The third-order valence-electron chi connectivity index (χ3n) is 3.09. The van der Waals surface area contributed by atoms with Gasteiger partial charge in [0.15, 0.2) is 0 Å². The van der Waals surface area contributed by atoms with E-state index in [2.05, 4.69) is 4.98 Å². The Kier molecular flexibility index (Phi) is 3.72. The monoisotopic (exact) mass is 272 g/mol. The van der Waals surface area contributed by atoms with E-state index in [-0.39, 0.29) is 10.6 Å². The zero-order chi connectivity index (χ0) is 13.2. The van der Waals surface area contributed by atoms with Gasteiger partial charge in [-0.3, -0.25) is 0 Å². The van der Waals surface area contributed by atoms with Crippen LogP contribution in [-0.4, -0.2) is 41.9 Å². The van der Waals surface area contributed by atoms with Crippen LogP contribution in [0, 0.1) is 0 Å². The molecule has 100 valence electrons. The molecule has 0 spiro atoms. The summed E-state index contributed by atoms with van der Waals surface area (Å²) >= 11 is 0. The number of carbonyl (C=O) groups is 1. The molecule has 1 aromatic rings. The highest BCUT2D eigenvalue weighted by atomic mass is 32.2. The van der Waals surface area contributed by atoms with Crippen LogP contribution in [0.4, 0.5) is 0 Å². The Morgan fingerprint density at radius 1 is 1.22 bits per heavy atom. The molecule has 18 heavy (non-hydrogen) atoms. The number of rotatable bonds is 3. The molecular weight excluding hydrogens is 256 g/mol. The van der Waals surface area contributed by atoms with Crippen molar-refractivity contribution in [3.05, 3.63) is 18.0 Å². The molecule has 2 N–H and O–H groups in total. The number of aromatic carboxylic acids is 1. The van der Waals surface area contributed by atoms with Crippen molar-refractivity contribution in [2.75, 3.05) is 13.1 Å². The van der Waals surface area contributed by atoms with Gasteiger partial charge in [-0.2, -0.15) is 4.31 Å². The van der Waals surface area contributed by atoms with E-state index in [4.69, 9.17) is 5.11 Å². The summed E-state index contributed by atoms with van der Waals surface area (Å²) in [4.78, 5) is 13.2. The van der Waals surface area contributed by atoms with E-state index in [1.165, 1.54) is 16.6 Å². The van der Waals surface area contributed by atoms with E-state index in [9.17, 15) is 13.2 Å². The SMILES string of the molecule is O=C(O)c1cc(S(=O)(=O)N2CCCCCC2)c[nH]1. The van der Waals surface area contributed by atoms with Gasteiger partial charge in [0.25, 0.3) is 0 Å². The molecule has 0 bridgehead atoms. The van der Waals surface area contributed by atoms with E-state index >= 15 is 0 Å². The van der Waals surface area contributed by atoms with Crippen LogP contribution in [0.2, 0.25) is 0 Å². The maximum Gasteiger partial charge on any atom is 0.352 e. The Balaban J connectivity index is 2.25. The number of hydrogen-bond acceptors (Lipinski definition) is 3. The molecule has 2 rings (SSSR count). The lowest BCUT2D eigenvalue weighted by atomic mass is 10.2. The molecule has 1 fully saturated rings. The van der Waals surface area contributed by atoms with Crippen molar-refractivity contribution < 1.29 is 18.3 Å². The van der Waals surface area contributed by atoms with Gasteiger partial charge < -0.3 is 10.1 Å². The van der Waals surface area contributed by atoms with Crippen LogP contribution in [-0.2, 0) is 10.0 Å². The average Bonchev–Trinajstić information content (AvgIpc) is 2.66. The molecule has 0 atom stereocenters. The quantitative estimate of drug-likeness (QED) is 0.867. The number of nitrogens with zero attached hydrogens (tertiary/aromatic N) is 1. The van der Waals surface area contributed by atoms with Crippen molar-refractivity contribution in [3.8, 4) is 0 Å². The third kappa shape index (κ3) is 2.56.